The predicted molar refractivity (Wildman–Crippen MR) is 67.4 cm³/mol. The van der Waals surface area contributed by atoms with E-state index in [0.29, 0.717) is 0 Å². The van der Waals surface area contributed by atoms with Crippen LogP contribution in [0.5, 0.6) is 0 Å². The molecule has 20 heavy (non-hydrogen) atoms. The largest absolute Gasteiger partial charge is 0.416 e. The maximum atomic E-state index is 12.5. The van der Waals surface area contributed by atoms with E-state index in [4.69, 9.17) is 0 Å². The Kier molecular flexibility index (Phi) is 3.64. The Balaban J connectivity index is 2.04. The minimum absolute atomic E-state index is 0.0459. The molecule has 3 N–H and O–H groups in total. The molecule has 2 rings (SSSR count). The van der Waals surface area contributed by atoms with E-state index in [-0.39, 0.29) is 11.5 Å². The number of hydrogen-bond donors (Lipinski definition) is 3. The zero-order chi connectivity index (χ0) is 14.8. The molecule has 0 radical (unpaired) electrons. The van der Waals surface area contributed by atoms with Gasteiger partial charge in [-0.3, -0.25) is 10.4 Å². The lowest BCUT2D eigenvalue weighted by molar-refractivity contribution is -0.137. The van der Waals surface area contributed by atoms with Gasteiger partial charge in [0.25, 0.3) is 0 Å². The smallest absolute Gasteiger partial charge is 0.308 e. The van der Waals surface area contributed by atoms with Crippen molar-refractivity contribution in [1.82, 2.24) is 10.2 Å². The number of benzene rings is 1. The summed E-state index contributed by atoms with van der Waals surface area (Å²) < 4.78 is 37.5. The van der Waals surface area contributed by atoms with E-state index in [0.717, 1.165) is 17.8 Å². The van der Waals surface area contributed by atoms with Gasteiger partial charge in [0, 0.05) is 17.4 Å². The Bertz CT molecular complexity index is 621. The molecule has 0 saturated carbocycles. The summed E-state index contributed by atoms with van der Waals surface area (Å²) in [7, 11) is 0. The number of H-pyrrole nitrogens is 1. The van der Waals surface area contributed by atoms with Crippen molar-refractivity contribution in [3.8, 4) is 0 Å². The number of aromatic nitrogens is 2. The van der Waals surface area contributed by atoms with Crippen molar-refractivity contribution in [1.29, 1.82) is 0 Å². The van der Waals surface area contributed by atoms with E-state index in [9.17, 15) is 18.0 Å². The molecular formula is C12H11F3N4O. The van der Waals surface area contributed by atoms with Crippen molar-refractivity contribution >= 4 is 17.5 Å². The molecule has 5 nitrogen and oxygen atoms in total. The van der Waals surface area contributed by atoms with Crippen LogP contribution < -0.4 is 10.6 Å². The van der Waals surface area contributed by atoms with E-state index in [1.807, 2.05) is 0 Å². The first-order chi connectivity index (χ1) is 9.34. The lowest BCUT2D eigenvalue weighted by Gasteiger charge is -2.09. The second-order valence-corrected chi connectivity index (χ2v) is 4.09. The number of nitrogens with one attached hydrogen (secondary N) is 3. The highest BCUT2D eigenvalue weighted by Crippen LogP contribution is 2.30. The average molecular weight is 284 g/mol. The summed E-state index contributed by atoms with van der Waals surface area (Å²) in [5.74, 6) is 0.284. The number of hydrogen-bond acceptors (Lipinski definition) is 2. The topological polar surface area (TPSA) is 69.8 Å². The molecule has 2 amide bonds. The van der Waals surface area contributed by atoms with Crippen LogP contribution in [-0.4, -0.2) is 16.2 Å². The summed E-state index contributed by atoms with van der Waals surface area (Å²) >= 11 is 0. The fourth-order valence-corrected chi connectivity index (χ4v) is 1.53. The summed E-state index contributed by atoms with van der Waals surface area (Å²) in [4.78, 5) is 11.6. The molecule has 1 aromatic heterocycles. The molecule has 0 saturated heterocycles. The van der Waals surface area contributed by atoms with Gasteiger partial charge in [-0.05, 0) is 25.1 Å². The summed E-state index contributed by atoms with van der Waals surface area (Å²) in [5.41, 5.74) is -0.0325. The standard InChI is InChI=1S/C12H11F3N4O/c1-7-5-10(19-18-7)17-11(20)16-9-4-2-3-8(6-9)12(13,14)15/h2-6H,1H3,(H3,16,17,18,19,20). The second-order valence-electron chi connectivity index (χ2n) is 4.09. The average Bonchev–Trinajstić information content (AvgIpc) is 2.73. The first-order valence-corrected chi connectivity index (χ1v) is 5.62. The Morgan fingerprint density at radius 3 is 2.60 bits per heavy atom. The van der Waals surface area contributed by atoms with E-state index >= 15 is 0 Å². The van der Waals surface area contributed by atoms with Gasteiger partial charge in [0.05, 0.1) is 5.56 Å². The van der Waals surface area contributed by atoms with Gasteiger partial charge >= 0.3 is 12.2 Å². The number of amides is 2. The van der Waals surface area contributed by atoms with Crippen molar-refractivity contribution in [2.45, 2.75) is 13.1 Å². The van der Waals surface area contributed by atoms with Crippen molar-refractivity contribution in [3.63, 3.8) is 0 Å². The van der Waals surface area contributed by atoms with Crippen LogP contribution in [0.25, 0.3) is 0 Å². The molecule has 0 aliphatic carbocycles. The first kappa shape index (κ1) is 13.9. The Morgan fingerprint density at radius 1 is 1.25 bits per heavy atom. The molecule has 0 bridgehead atoms. The lowest BCUT2D eigenvalue weighted by Crippen LogP contribution is -2.20. The quantitative estimate of drug-likeness (QED) is 0.791. The third-order valence-electron chi connectivity index (χ3n) is 2.40. The van der Waals surface area contributed by atoms with E-state index in [1.54, 1.807) is 13.0 Å². The second kappa shape index (κ2) is 5.24. The fraction of sp³-hybridized carbons (Fsp3) is 0.167. The van der Waals surface area contributed by atoms with Crippen LogP contribution in [0.2, 0.25) is 0 Å². The van der Waals surface area contributed by atoms with Gasteiger partial charge in [0.1, 0.15) is 0 Å². The van der Waals surface area contributed by atoms with Gasteiger partial charge in [-0.25, -0.2) is 4.79 Å². The van der Waals surface area contributed by atoms with E-state index in [1.165, 1.54) is 12.1 Å². The number of anilines is 2. The van der Waals surface area contributed by atoms with Gasteiger partial charge in [-0.2, -0.15) is 18.3 Å². The van der Waals surface area contributed by atoms with Crippen LogP contribution in [0.3, 0.4) is 0 Å². The highest BCUT2D eigenvalue weighted by Gasteiger charge is 2.30. The third kappa shape index (κ3) is 3.50. The molecule has 1 aromatic carbocycles. The number of carbonyl (C=O) groups excluding carboxylic acids is 1. The van der Waals surface area contributed by atoms with Gasteiger partial charge in [-0.15, -0.1) is 0 Å². The Hall–Kier alpha value is -2.51. The first-order valence-electron chi connectivity index (χ1n) is 5.62. The van der Waals surface area contributed by atoms with Gasteiger partial charge in [-0.1, -0.05) is 6.07 Å². The maximum Gasteiger partial charge on any atom is 0.416 e. The molecule has 0 aliphatic rings. The van der Waals surface area contributed by atoms with Crippen LogP contribution in [0.1, 0.15) is 11.3 Å². The lowest BCUT2D eigenvalue weighted by atomic mass is 10.2. The number of alkyl halides is 3. The number of rotatable bonds is 2. The van der Waals surface area contributed by atoms with Crippen LogP contribution >= 0.6 is 0 Å². The normalized spacial score (nSPS) is 11.2. The fourth-order valence-electron chi connectivity index (χ4n) is 1.53. The molecule has 0 unspecified atom stereocenters. The number of carbonyl (C=O) groups is 1. The molecule has 0 fully saturated rings. The van der Waals surface area contributed by atoms with Crippen LogP contribution in [-0.2, 0) is 6.18 Å². The molecule has 106 valence electrons. The Labute approximate surface area is 112 Å². The number of aryl methyl sites for hydroxylation is 1. The SMILES string of the molecule is Cc1cc(NC(=O)Nc2cccc(C(F)(F)F)c2)n[nH]1. The molecule has 0 aliphatic heterocycles. The van der Waals surface area contributed by atoms with Crippen molar-refractivity contribution in [2.24, 2.45) is 0 Å². The van der Waals surface area contributed by atoms with Crippen molar-refractivity contribution in [3.05, 3.63) is 41.6 Å². The number of halogens is 3. The molecule has 0 spiro atoms. The molecule has 0 atom stereocenters. The monoisotopic (exact) mass is 284 g/mol. The van der Waals surface area contributed by atoms with Gasteiger partial charge in [0.15, 0.2) is 5.82 Å². The Morgan fingerprint density at radius 2 is 2.00 bits per heavy atom. The van der Waals surface area contributed by atoms with Crippen molar-refractivity contribution in [2.75, 3.05) is 10.6 Å². The van der Waals surface area contributed by atoms with Gasteiger partial charge < -0.3 is 5.32 Å². The maximum absolute atomic E-state index is 12.5. The van der Waals surface area contributed by atoms with Gasteiger partial charge in [0.2, 0.25) is 0 Å². The van der Waals surface area contributed by atoms with E-state index in [2.05, 4.69) is 20.8 Å². The minimum Gasteiger partial charge on any atom is -0.308 e. The third-order valence-corrected chi connectivity index (χ3v) is 2.40. The minimum atomic E-state index is -4.45. The summed E-state index contributed by atoms with van der Waals surface area (Å²) in [6.45, 7) is 1.75. The van der Waals surface area contributed by atoms with Crippen LogP contribution in [0, 0.1) is 6.92 Å². The number of aromatic amines is 1. The summed E-state index contributed by atoms with van der Waals surface area (Å²) in [6, 6.07) is 5.29. The number of nitrogens with zero attached hydrogens (tertiary/aromatic N) is 1. The number of urea groups is 1. The molecule has 1 heterocycles. The highest BCUT2D eigenvalue weighted by atomic mass is 19.4. The summed E-state index contributed by atoms with van der Waals surface area (Å²) in [6.07, 6.45) is -4.45. The van der Waals surface area contributed by atoms with Crippen LogP contribution in [0.4, 0.5) is 29.5 Å². The zero-order valence-corrected chi connectivity index (χ0v) is 10.4. The predicted octanol–water partition coefficient (Wildman–Crippen LogP) is 3.38. The van der Waals surface area contributed by atoms with Crippen molar-refractivity contribution < 1.29 is 18.0 Å². The molecule has 2 aromatic rings. The van der Waals surface area contributed by atoms with Crippen LogP contribution in [0.15, 0.2) is 30.3 Å². The molecular weight excluding hydrogens is 273 g/mol. The zero-order valence-electron chi connectivity index (χ0n) is 10.4. The molecule has 8 heteroatoms. The highest BCUT2D eigenvalue weighted by molar-refractivity contribution is 5.99. The summed E-state index contributed by atoms with van der Waals surface area (Å²) in [5, 5.41) is 11.1. The van der Waals surface area contributed by atoms with E-state index < -0.39 is 17.8 Å².